The number of hydrogen-bond donors (Lipinski definition) is 1. The predicted molar refractivity (Wildman–Crippen MR) is 133 cm³/mol. The van der Waals surface area contributed by atoms with Gasteiger partial charge in [-0.05, 0) is 37.0 Å². The van der Waals surface area contributed by atoms with Crippen LogP contribution in [0.5, 0.6) is 5.88 Å². The van der Waals surface area contributed by atoms with Crippen molar-refractivity contribution in [1.29, 1.82) is 0 Å². The minimum Gasteiger partial charge on any atom is -0.470 e. The average molecular weight is 500 g/mol. The molecule has 0 atom stereocenters. The topological polar surface area (TPSA) is 130 Å². The molecule has 188 valence electrons. The number of aromatic nitrogens is 6. The van der Waals surface area contributed by atoms with E-state index in [9.17, 15) is 4.79 Å². The second-order valence-electron chi connectivity index (χ2n) is 9.30. The van der Waals surface area contributed by atoms with E-state index >= 15 is 0 Å². The van der Waals surface area contributed by atoms with Crippen molar-refractivity contribution in [1.82, 2.24) is 35.3 Å². The summed E-state index contributed by atoms with van der Waals surface area (Å²) in [5, 5.41) is 22.0. The van der Waals surface area contributed by atoms with Crippen LogP contribution in [0.15, 0.2) is 53.2 Å². The van der Waals surface area contributed by atoms with E-state index in [1.807, 2.05) is 24.3 Å². The van der Waals surface area contributed by atoms with Gasteiger partial charge in [0.25, 0.3) is 5.91 Å². The van der Waals surface area contributed by atoms with Gasteiger partial charge >= 0.3 is 0 Å². The van der Waals surface area contributed by atoms with Crippen LogP contribution in [0.3, 0.4) is 0 Å². The SMILES string of the molecule is COCc1cc(-c2nnc3c4ccccc4c(OCc4ccc(C(=O)NC5CC(C)C5)cn4)nn23)no1. The Bertz CT molecular complexity index is 1570. The van der Waals surface area contributed by atoms with E-state index in [-0.39, 0.29) is 18.6 Å². The number of rotatable bonds is 8. The first-order chi connectivity index (χ1) is 18.1. The van der Waals surface area contributed by atoms with Crippen LogP contribution >= 0.6 is 0 Å². The van der Waals surface area contributed by atoms with Gasteiger partial charge in [-0.25, -0.2) is 0 Å². The Morgan fingerprint density at radius 2 is 1.97 bits per heavy atom. The quantitative estimate of drug-likeness (QED) is 0.340. The summed E-state index contributed by atoms with van der Waals surface area (Å²) in [7, 11) is 1.58. The van der Waals surface area contributed by atoms with Crippen molar-refractivity contribution >= 4 is 22.3 Å². The molecule has 1 amide bonds. The lowest BCUT2D eigenvalue weighted by Gasteiger charge is -2.33. The van der Waals surface area contributed by atoms with Gasteiger partial charge in [-0.15, -0.1) is 15.3 Å². The van der Waals surface area contributed by atoms with Gasteiger partial charge in [-0.1, -0.05) is 30.3 Å². The normalized spacial score (nSPS) is 17.1. The summed E-state index contributed by atoms with van der Waals surface area (Å²) in [5.74, 6) is 1.96. The Balaban J connectivity index is 1.25. The fourth-order valence-electron chi connectivity index (χ4n) is 4.52. The maximum absolute atomic E-state index is 12.5. The highest BCUT2D eigenvalue weighted by atomic mass is 16.5. The third kappa shape index (κ3) is 4.49. The Morgan fingerprint density at radius 3 is 2.73 bits per heavy atom. The number of hydrogen-bond acceptors (Lipinski definition) is 9. The van der Waals surface area contributed by atoms with Gasteiger partial charge in [0.15, 0.2) is 17.1 Å². The maximum atomic E-state index is 12.5. The number of carbonyl (C=O) groups excluding carboxylic acids is 1. The Morgan fingerprint density at radius 1 is 1.14 bits per heavy atom. The first-order valence-electron chi connectivity index (χ1n) is 12.1. The third-order valence-corrected chi connectivity index (χ3v) is 6.46. The smallest absolute Gasteiger partial charge is 0.253 e. The number of methoxy groups -OCH3 is 1. The molecular formula is C26H25N7O4. The molecule has 0 radical (unpaired) electrons. The molecule has 0 unspecified atom stereocenters. The Kier molecular flexibility index (Phi) is 5.97. The molecule has 1 aliphatic carbocycles. The van der Waals surface area contributed by atoms with Crippen molar-refractivity contribution in [3.63, 3.8) is 0 Å². The zero-order chi connectivity index (χ0) is 25.4. The largest absolute Gasteiger partial charge is 0.470 e. The van der Waals surface area contributed by atoms with Crippen LogP contribution in [0.1, 0.15) is 41.6 Å². The molecular weight excluding hydrogens is 474 g/mol. The number of ether oxygens (including phenoxy) is 2. The van der Waals surface area contributed by atoms with Crippen molar-refractivity contribution < 1.29 is 18.8 Å². The Hall–Kier alpha value is -4.38. The molecule has 5 aromatic rings. The lowest BCUT2D eigenvalue weighted by molar-refractivity contribution is 0.0895. The van der Waals surface area contributed by atoms with Crippen molar-refractivity contribution in [2.45, 2.75) is 39.0 Å². The van der Waals surface area contributed by atoms with Gasteiger partial charge in [0, 0.05) is 36.2 Å². The molecule has 0 saturated heterocycles. The van der Waals surface area contributed by atoms with Crippen LogP contribution in [0.25, 0.3) is 27.9 Å². The molecule has 11 heteroatoms. The summed E-state index contributed by atoms with van der Waals surface area (Å²) < 4.78 is 18.1. The number of pyridine rings is 1. The van der Waals surface area contributed by atoms with Gasteiger partial charge in [0.2, 0.25) is 11.7 Å². The van der Waals surface area contributed by atoms with Crippen molar-refractivity contribution in [2.24, 2.45) is 5.92 Å². The summed E-state index contributed by atoms with van der Waals surface area (Å²) in [6, 6.07) is 13.2. The predicted octanol–water partition coefficient (Wildman–Crippen LogP) is 3.58. The summed E-state index contributed by atoms with van der Waals surface area (Å²) in [6.45, 7) is 2.65. The molecule has 11 nitrogen and oxygen atoms in total. The molecule has 1 N–H and O–H groups in total. The molecule has 4 heterocycles. The highest BCUT2D eigenvalue weighted by Crippen LogP contribution is 2.29. The van der Waals surface area contributed by atoms with E-state index in [1.54, 1.807) is 36.0 Å². The minimum atomic E-state index is -0.100. The third-order valence-electron chi connectivity index (χ3n) is 6.46. The Labute approximate surface area is 211 Å². The second-order valence-corrected chi connectivity index (χ2v) is 9.30. The number of carbonyl (C=O) groups is 1. The zero-order valence-corrected chi connectivity index (χ0v) is 20.4. The van der Waals surface area contributed by atoms with E-state index in [0.717, 1.165) is 23.6 Å². The van der Waals surface area contributed by atoms with Crippen LogP contribution < -0.4 is 10.1 Å². The number of nitrogens with zero attached hydrogens (tertiary/aromatic N) is 6. The zero-order valence-electron chi connectivity index (χ0n) is 20.4. The molecule has 1 aliphatic rings. The highest BCUT2D eigenvalue weighted by Gasteiger charge is 2.27. The molecule has 1 aromatic carbocycles. The molecule has 6 rings (SSSR count). The minimum absolute atomic E-state index is 0.100. The first-order valence-corrected chi connectivity index (χ1v) is 12.1. The van der Waals surface area contributed by atoms with Gasteiger partial charge in [-0.3, -0.25) is 9.78 Å². The van der Waals surface area contributed by atoms with Gasteiger partial charge < -0.3 is 19.3 Å². The molecule has 4 aromatic heterocycles. The number of fused-ring (bicyclic) bond motifs is 3. The molecule has 1 saturated carbocycles. The van der Waals surface area contributed by atoms with E-state index in [4.69, 9.17) is 14.0 Å². The van der Waals surface area contributed by atoms with Crippen molar-refractivity contribution in [3.8, 4) is 17.4 Å². The van der Waals surface area contributed by atoms with Crippen LogP contribution in [-0.4, -0.2) is 49.0 Å². The average Bonchev–Trinajstić information content (AvgIpc) is 3.54. The van der Waals surface area contributed by atoms with Crippen LogP contribution in [0.4, 0.5) is 0 Å². The fraction of sp³-hybridized carbons (Fsp3) is 0.308. The van der Waals surface area contributed by atoms with E-state index in [1.165, 1.54) is 0 Å². The van der Waals surface area contributed by atoms with Crippen molar-refractivity contribution in [3.05, 3.63) is 65.7 Å². The van der Waals surface area contributed by atoms with Gasteiger partial charge in [0.05, 0.1) is 11.3 Å². The van der Waals surface area contributed by atoms with Gasteiger partial charge in [0.1, 0.15) is 13.2 Å². The van der Waals surface area contributed by atoms with Crippen LogP contribution in [0.2, 0.25) is 0 Å². The molecule has 0 spiro atoms. The van der Waals surface area contributed by atoms with Crippen LogP contribution in [0, 0.1) is 5.92 Å². The monoisotopic (exact) mass is 499 g/mol. The summed E-state index contributed by atoms with van der Waals surface area (Å²) in [5.41, 5.74) is 2.26. The van der Waals surface area contributed by atoms with Gasteiger partial charge in [-0.2, -0.15) is 4.52 Å². The lowest BCUT2D eigenvalue weighted by Crippen LogP contribution is -2.43. The van der Waals surface area contributed by atoms with E-state index in [2.05, 4.69) is 37.7 Å². The molecule has 37 heavy (non-hydrogen) atoms. The molecule has 1 fully saturated rings. The second kappa shape index (κ2) is 9.58. The lowest BCUT2D eigenvalue weighted by atomic mass is 9.82. The summed E-state index contributed by atoms with van der Waals surface area (Å²) in [4.78, 5) is 16.9. The first kappa shape index (κ1) is 23.0. The van der Waals surface area contributed by atoms with Crippen LogP contribution in [-0.2, 0) is 18.0 Å². The number of nitrogens with one attached hydrogen (secondary N) is 1. The molecule has 0 bridgehead atoms. The van der Waals surface area contributed by atoms with Crippen molar-refractivity contribution in [2.75, 3.05) is 7.11 Å². The number of amides is 1. The summed E-state index contributed by atoms with van der Waals surface area (Å²) >= 11 is 0. The molecule has 0 aliphatic heterocycles. The number of benzene rings is 1. The van der Waals surface area contributed by atoms with E-state index in [0.29, 0.717) is 52.6 Å². The fourth-order valence-corrected chi connectivity index (χ4v) is 4.52. The maximum Gasteiger partial charge on any atom is 0.253 e. The van der Waals surface area contributed by atoms with E-state index < -0.39 is 0 Å². The standard InChI is InChI=1S/C26H25N7O4/c1-15-9-18(10-15)28-25(34)16-7-8-17(27-12-16)13-36-26-21-6-4-3-5-20(21)23-29-30-24(33(23)31-26)22-11-19(14-35-2)37-32-22/h3-8,11-12,15,18H,9-10,13-14H2,1-2H3,(H,28,34). The summed E-state index contributed by atoms with van der Waals surface area (Å²) in [6.07, 6.45) is 3.62. The highest BCUT2D eigenvalue weighted by molar-refractivity contribution is 5.97.